The first kappa shape index (κ1) is 15.4. The minimum absolute atomic E-state index is 0.330. The van der Waals surface area contributed by atoms with Crippen molar-refractivity contribution in [3.05, 3.63) is 17.5 Å². The van der Waals surface area contributed by atoms with Crippen molar-refractivity contribution in [2.75, 3.05) is 18.0 Å². The number of hydrogen-bond acceptors (Lipinski definition) is 4. The van der Waals surface area contributed by atoms with Crippen molar-refractivity contribution in [3.8, 4) is 0 Å². The Hall–Kier alpha value is -1.65. The number of carbonyl (C=O) groups is 1. The Kier molecular flexibility index (Phi) is 5.27. The molecule has 1 heterocycles. The molecule has 0 radical (unpaired) electrons. The molecule has 0 amide bonds. The van der Waals surface area contributed by atoms with E-state index >= 15 is 0 Å². The standard InChI is InChI=1S/C14H23N3O2/c1-6-17(8-10(4)13(18)19)14-15-11(5)7-12(16-14)9(2)3/h7,9-10H,6,8H2,1-5H3,(H,18,19). The normalized spacial score (nSPS) is 12.5. The Bertz CT molecular complexity index is 446. The average Bonchev–Trinajstić information content (AvgIpc) is 2.34. The van der Waals surface area contributed by atoms with Crippen molar-refractivity contribution in [2.24, 2.45) is 5.92 Å². The molecule has 0 aliphatic heterocycles. The predicted molar refractivity (Wildman–Crippen MR) is 75.5 cm³/mol. The summed E-state index contributed by atoms with van der Waals surface area (Å²) in [5, 5.41) is 9.00. The quantitative estimate of drug-likeness (QED) is 0.855. The molecule has 0 aliphatic rings. The Labute approximate surface area is 114 Å². The fraction of sp³-hybridized carbons (Fsp3) is 0.643. The minimum Gasteiger partial charge on any atom is -0.481 e. The molecule has 0 bridgehead atoms. The van der Waals surface area contributed by atoms with E-state index in [0.717, 1.165) is 11.4 Å². The summed E-state index contributed by atoms with van der Waals surface area (Å²) in [4.78, 5) is 21.8. The van der Waals surface area contributed by atoms with Gasteiger partial charge in [-0.2, -0.15) is 0 Å². The number of aliphatic carboxylic acids is 1. The van der Waals surface area contributed by atoms with E-state index in [1.807, 2.05) is 24.8 Å². The van der Waals surface area contributed by atoms with E-state index in [4.69, 9.17) is 5.11 Å². The van der Waals surface area contributed by atoms with Crippen LogP contribution in [0.2, 0.25) is 0 Å². The molecule has 0 aliphatic carbocycles. The summed E-state index contributed by atoms with van der Waals surface area (Å²) in [5.74, 6) is -0.280. The van der Waals surface area contributed by atoms with Crippen LogP contribution in [0.5, 0.6) is 0 Å². The lowest BCUT2D eigenvalue weighted by atomic mass is 10.1. The average molecular weight is 265 g/mol. The second-order valence-corrected chi connectivity index (χ2v) is 5.17. The van der Waals surface area contributed by atoms with E-state index in [9.17, 15) is 4.79 Å². The minimum atomic E-state index is -0.796. The first-order chi connectivity index (χ1) is 8.85. The zero-order valence-corrected chi connectivity index (χ0v) is 12.3. The molecule has 106 valence electrons. The highest BCUT2D eigenvalue weighted by Gasteiger charge is 2.18. The van der Waals surface area contributed by atoms with Crippen LogP contribution in [0.4, 0.5) is 5.95 Å². The molecule has 1 unspecified atom stereocenters. The number of anilines is 1. The molecular formula is C14H23N3O2. The van der Waals surface area contributed by atoms with E-state index in [0.29, 0.717) is 25.0 Å². The molecule has 19 heavy (non-hydrogen) atoms. The van der Waals surface area contributed by atoms with Gasteiger partial charge in [0.05, 0.1) is 5.92 Å². The molecule has 0 saturated carbocycles. The molecule has 0 spiro atoms. The van der Waals surface area contributed by atoms with Crippen LogP contribution in [0.25, 0.3) is 0 Å². The van der Waals surface area contributed by atoms with Crippen molar-refractivity contribution < 1.29 is 9.90 Å². The second kappa shape index (κ2) is 6.50. The monoisotopic (exact) mass is 265 g/mol. The molecule has 0 saturated heterocycles. The van der Waals surface area contributed by atoms with Crippen molar-refractivity contribution in [1.82, 2.24) is 9.97 Å². The van der Waals surface area contributed by atoms with Gasteiger partial charge in [-0.05, 0) is 25.8 Å². The lowest BCUT2D eigenvalue weighted by Crippen LogP contribution is -2.33. The van der Waals surface area contributed by atoms with Gasteiger partial charge < -0.3 is 10.0 Å². The van der Waals surface area contributed by atoms with Gasteiger partial charge in [0.1, 0.15) is 0 Å². The fourth-order valence-electron chi connectivity index (χ4n) is 1.77. The number of hydrogen-bond donors (Lipinski definition) is 1. The summed E-state index contributed by atoms with van der Waals surface area (Å²) in [6, 6.07) is 1.97. The van der Waals surface area contributed by atoms with Crippen LogP contribution in [0.3, 0.4) is 0 Å². The number of aryl methyl sites for hydroxylation is 1. The number of rotatable bonds is 6. The lowest BCUT2D eigenvalue weighted by molar-refractivity contribution is -0.140. The zero-order valence-electron chi connectivity index (χ0n) is 12.3. The van der Waals surface area contributed by atoms with Crippen LogP contribution in [-0.2, 0) is 4.79 Å². The highest BCUT2D eigenvalue weighted by Crippen LogP contribution is 2.17. The Morgan fingerprint density at radius 2 is 2.00 bits per heavy atom. The third kappa shape index (κ3) is 4.19. The third-order valence-electron chi connectivity index (χ3n) is 3.03. The van der Waals surface area contributed by atoms with Gasteiger partial charge in [-0.1, -0.05) is 20.8 Å². The Morgan fingerprint density at radius 3 is 2.47 bits per heavy atom. The van der Waals surface area contributed by atoms with Crippen molar-refractivity contribution in [1.29, 1.82) is 0 Å². The first-order valence-corrected chi connectivity index (χ1v) is 6.68. The van der Waals surface area contributed by atoms with Crippen LogP contribution in [0.1, 0.15) is 45.0 Å². The summed E-state index contributed by atoms with van der Waals surface area (Å²) < 4.78 is 0. The van der Waals surface area contributed by atoms with Gasteiger partial charge in [-0.3, -0.25) is 4.79 Å². The number of carboxylic acids is 1. The van der Waals surface area contributed by atoms with E-state index in [1.54, 1.807) is 6.92 Å². The van der Waals surface area contributed by atoms with Crippen molar-refractivity contribution in [2.45, 2.75) is 40.5 Å². The lowest BCUT2D eigenvalue weighted by Gasteiger charge is -2.24. The topological polar surface area (TPSA) is 66.3 Å². The summed E-state index contributed by atoms with van der Waals surface area (Å²) in [6.07, 6.45) is 0. The van der Waals surface area contributed by atoms with Gasteiger partial charge in [0.15, 0.2) is 0 Å². The summed E-state index contributed by atoms with van der Waals surface area (Å²) in [5.41, 5.74) is 1.90. The van der Waals surface area contributed by atoms with Crippen LogP contribution in [0, 0.1) is 12.8 Å². The Morgan fingerprint density at radius 1 is 1.37 bits per heavy atom. The fourth-order valence-corrected chi connectivity index (χ4v) is 1.77. The molecule has 5 nitrogen and oxygen atoms in total. The third-order valence-corrected chi connectivity index (χ3v) is 3.03. The van der Waals surface area contributed by atoms with E-state index in [1.165, 1.54) is 0 Å². The molecule has 1 N–H and O–H groups in total. The van der Waals surface area contributed by atoms with Gasteiger partial charge >= 0.3 is 5.97 Å². The van der Waals surface area contributed by atoms with Gasteiger partial charge in [-0.25, -0.2) is 9.97 Å². The highest BCUT2D eigenvalue weighted by atomic mass is 16.4. The van der Waals surface area contributed by atoms with E-state index in [2.05, 4.69) is 23.8 Å². The van der Waals surface area contributed by atoms with E-state index < -0.39 is 11.9 Å². The molecular weight excluding hydrogens is 242 g/mol. The molecule has 1 atom stereocenters. The van der Waals surface area contributed by atoms with Gasteiger partial charge in [0.25, 0.3) is 0 Å². The maximum absolute atomic E-state index is 11.0. The van der Waals surface area contributed by atoms with Gasteiger partial charge in [-0.15, -0.1) is 0 Å². The zero-order chi connectivity index (χ0) is 14.6. The molecule has 1 aromatic heterocycles. The maximum atomic E-state index is 11.0. The van der Waals surface area contributed by atoms with Crippen LogP contribution in [-0.4, -0.2) is 34.1 Å². The second-order valence-electron chi connectivity index (χ2n) is 5.17. The van der Waals surface area contributed by atoms with Crippen LogP contribution in [0.15, 0.2) is 6.07 Å². The summed E-state index contributed by atoms with van der Waals surface area (Å²) >= 11 is 0. The van der Waals surface area contributed by atoms with Crippen molar-refractivity contribution in [3.63, 3.8) is 0 Å². The Balaban J connectivity index is 3.01. The van der Waals surface area contributed by atoms with E-state index in [-0.39, 0.29) is 0 Å². The van der Waals surface area contributed by atoms with Gasteiger partial charge in [0, 0.05) is 24.5 Å². The smallest absolute Gasteiger partial charge is 0.308 e. The van der Waals surface area contributed by atoms with Crippen molar-refractivity contribution >= 4 is 11.9 Å². The molecule has 1 aromatic rings. The molecule has 5 heteroatoms. The molecule has 1 rings (SSSR count). The number of carboxylic acid groups (broad SMARTS) is 1. The van der Waals surface area contributed by atoms with Crippen LogP contribution < -0.4 is 4.90 Å². The molecule has 0 aromatic carbocycles. The maximum Gasteiger partial charge on any atom is 0.308 e. The number of aromatic nitrogens is 2. The number of nitrogens with zero attached hydrogens (tertiary/aromatic N) is 3. The summed E-state index contributed by atoms with van der Waals surface area (Å²) in [7, 11) is 0. The SMILES string of the molecule is CCN(CC(C)C(=O)O)c1nc(C)cc(C(C)C)n1. The first-order valence-electron chi connectivity index (χ1n) is 6.68. The largest absolute Gasteiger partial charge is 0.481 e. The van der Waals surface area contributed by atoms with Crippen LogP contribution >= 0.6 is 0 Å². The summed E-state index contributed by atoms with van der Waals surface area (Å²) in [6.45, 7) is 10.9. The predicted octanol–water partition coefficient (Wildman–Crippen LogP) is 2.46. The van der Waals surface area contributed by atoms with Gasteiger partial charge in [0.2, 0.25) is 5.95 Å². The molecule has 0 fully saturated rings. The highest BCUT2D eigenvalue weighted by molar-refractivity contribution is 5.70.